The fourth-order valence-electron chi connectivity index (χ4n) is 2.54. The smallest absolute Gasteiger partial charge is 0.303 e. The summed E-state index contributed by atoms with van der Waals surface area (Å²) in [6, 6.07) is 9.41. The number of nitrogens with zero attached hydrogens (tertiary/aromatic N) is 1. The quantitative estimate of drug-likeness (QED) is 0.866. The van der Waals surface area contributed by atoms with Gasteiger partial charge in [0.05, 0.1) is 0 Å². The van der Waals surface area contributed by atoms with Crippen molar-refractivity contribution in [2.75, 3.05) is 13.1 Å². The van der Waals surface area contributed by atoms with Crippen LogP contribution in [0.2, 0.25) is 0 Å². The average Bonchev–Trinajstić information content (AvgIpc) is 2.52. The highest BCUT2D eigenvalue weighted by molar-refractivity contribution is 5.94. The van der Waals surface area contributed by atoms with Crippen molar-refractivity contribution >= 4 is 11.9 Å². The molecule has 21 heavy (non-hydrogen) atoms. The molecule has 1 atom stereocenters. The van der Waals surface area contributed by atoms with Crippen LogP contribution in [-0.4, -0.2) is 35.0 Å². The van der Waals surface area contributed by atoms with Gasteiger partial charge >= 0.3 is 5.97 Å². The minimum absolute atomic E-state index is 0.168. The number of carboxylic acid groups (broad SMARTS) is 1. The predicted molar refractivity (Wildman–Crippen MR) is 79.5 cm³/mol. The second-order valence-electron chi connectivity index (χ2n) is 5.31. The molecule has 0 spiro atoms. The minimum atomic E-state index is -0.776. The summed E-state index contributed by atoms with van der Waals surface area (Å²) in [5.74, 6) is 4.88. The molecule has 1 aromatic rings. The molecular formula is C17H19NO3. The van der Waals surface area contributed by atoms with E-state index < -0.39 is 5.97 Å². The molecule has 0 bridgehead atoms. The Morgan fingerprint density at radius 1 is 1.29 bits per heavy atom. The number of carboxylic acids is 1. The monoisotopic (exact) mass is 285 g/mol. The molecule has 0 aliphatic carbocycles. The van der Waals surface area contributed by atoms with Crippen molar-refractivity contribution in [3.05, 3.63) is 35.9 Å². The lowest BCUT2D eigenvalue weighted by Crippen LogP contribution is -2.39. The Hall–Kier alpha value is -2.28. The first-order valence-electron chi connectivity index (χ1n) is 7.23. The van der Waals surface area contributed by atoms with Crippen LogP contribution < -0.4 is 0 Å². The van der Waals surface area contributed by atoms with E-state index in [1.807, 2.05) is 30.3 Å². The van der Waals surface area contributed by atoms with E-state index >= 15 is 0 Å². The third-order valence-electron chi connectivity index (χ3n) is 3.66. The molecule has 0 radical (unpaired) electrons. The summed E-state index contributed by atoms with van der Waals surface area (Å²) in [6.07, 6.45) is 2.71. The fraction of sp³-hybridized carbons (Fsp3) is 0.412. The number of carbonyl (C=O) groups is 2. The first kappa shape index (κ1) is 15.1. The summed E-state index contributed by atoms with van der Waals surface area (Å²) >= 11 is 0. The van der Waals surface area contributed by atoms with Crippen LogP contribution in [0.1, 0.15) is 31.2 Å². The van der Waals surface area contributed by atoms with E-state index in [-0.39, 0.29) is 18.2 Å². The minimum Gasteiger partial charge on any atom is -0.481 e. The van der Waals surface area contributed by atoms with Gasteiger partial charge in [-0.25, -0.2) is 0 Å². The second-order valence-corrected chi connectivity index (χ2v) is 5.31. The summed E-state index contributed by atoms with van der Waals surface area (Å²) < 4.78 is 0. The lowest BCUT2D eigenvalue weighted by atomic mass is 9.93. The summed E-state index contributed by atoms with van der Waals surface area (Å²) in [6.45, 7) is 1.33. The number of hydrogen-bond acceptors (Lipinski definition) is 2. The molecule has 1 N–H and O–H groups in total. The van der Waals surface area contributed by atoms with Crippen molar-refractivity contribution in [1.82, 2.24) is 4.90 Å². The van der Waals surface area contributed by atoms with Crippen LogP contribution in [0.3, 0.4) is 0 Å². The van der Waals surface area contributed by atoms with E-state index in [2.05, 4.69) is 11.8 Å². The average molecular weight is 285 g/mol. The first-order valence-corrected chi connectivity index (χ1v) is 7.23. The Morgan fingerprint density at radius 2 is 2.05 bits per heavy atom. The number of rotatable bonds is 3. The third-order valence-corrected chi connectivity index (χ3v) is 3.66. The van der Waals surface area contributed by atoms with E-state index in [1.54, 1.807) is 4.90 Å². The molecule has 1 fully saturated rings. The fourth-order valence-corrected chi connectivity index (χ4v) is 2.54. The van der Waals surface area contributed by atoms with Crippen LogP contribution in [0.4, 0.5) is 0 Å². The number of aliphatic carboxylic acids is 1. The van der Waals surface area contributed by atoms with Gasteiger partial charge < -0.3 is 10.0 Å². The molecule has 1 heterocycles. The Labute approximate surface area is 124 Å². The van der Waals surface area contributed by atoms with Crippen LogP contribution in [0.15, 0.2) is 30.3 Å². The van der Waals surface area contributed by atoms with Crippen LogP contribution in [0.5, 0.6) is 0 Å². The molecule has 4 heteroatoms. The van der Waals surface area contributed by atoms with Crippen LogP contribution in [0.25, 0.3) is 0 Å². The molecule has 1 aliphatic rings. The van der Waals surface area contributed by atoms with E-state index in [0.29, 0.717) is 19.5 Å². The largest absolute Gasteiger partial charge is 0.481 e. The molecule has 110 valence electrons. The van der Waals surface area contributed by atoms with Gasteiger partial charge in [-0.2, -0.15) is 0 Å². The van der Waals surface area contributed by atoms with Crippen molar-refractivity contribution < 1.29 is 14.7 Å². The summed E-state index contributed by atoms with van der Waals surface area (Å²) in [4.78, 5) is 24.4. The maximum atomic E-state index is 12.1. The van der Waals surface area contributed by atoms with E-state index in [4.69, 9.17) is 5.11 Å². The number of benzene rings is 1. The van der Waals surface area contributed by atoms with Gasteiger partial charge in [-0.3, -0.25) is 9.59 Å². The predicted octanol–water partition coefficient (Wildman–Crippen LogP) is 2.14. The van der Waals surface area contributed by atoms with Gasteiger partial charge in [0.25, 0.3) is 5.91 Å². The molecule has 1 unspecified atom stereocenters. The summed E-state index contributed by atoms with van der Waals surface area (Å²) in [7, 11) is 0. The normalized spacial score (nSPS) is 17.7. The van der Waals surface area contributed by atoms with Gasteiger partial charge in [0, 0.05) is 31.0 Å². The number of hydrogen-bond donors (Lipinski definition) is 1. The highest BCUT2D eigenvalue weighted by Gasteiger charge is 2.23. The number of amides is 1. The van der Waals surface area contributed by atoms with Crippen molar-refractivity contribution in [3.8, 4) is 11.8 Å². The van der Waals surface area contributed by atoms with Crippen LogP contribution >= 0.6 is 0 Å². The molecule has 2 rings (SSSR count). The third kappa shape index (κ3) is 4.96. The summed E-state index contributed by atoms with van der Waals surface area (Å²) in [5, 5.41) is 8.73. The van der Waals surface area contributed by atoms with E-state index in [9.17, 15) is 9.59 Å². The van der Waals surface area contributed by atoms with Crippen LogP contribution in [0, 0.1) is 17.8 Å². The molecule has 1 saturated heterocycles. The number of piperidine rings is 1. The van der Waals surface area contributed by atoms with Gasteiger partial charge in [0.1, 0.15) is 0 Å². The van der Waals surface area contributed by atoms with Gasteiger partial charge in [-0.1, -0.05) is 24.1 Å². The Morgan fingerprint density at radius 3 is 2.76 bits per heavy atom. The molecule has 0 aromatic heterocycles. The molecule has 1 aromatic carbocycles. The van der Waals surface area contributed by atoms with Crippen molar-refractivity contribution in [1.29, 1.82) is 0 Å². The number of likely N-dealkylation sites (tertiary alicyclic amines) is 1. The van der Waals surface area contributed by atoms with Gasteiger partial charge in [-0.15, -0.1) is 0 Å². The van der Waals surface area contributed by atoms with Crippen molar-refractivity contribution in [2.45, 2.75) is 25.7 Å². The Balaban J connectivity index is 1.90. The van der Waals surface area contributed by atoms with E-state index in [0.717, 1.165) is 18.4 Å². The second kappa shape index (κ2) is 7.49. The Bertz CT molecular complexity index is 556. The lowest BCUT2D eigenvalue weighted by molar-refractivity contribution is -0.137. The molecule has 0 saturated carbocycles. The highest BCUT2D eigenvalue weighted by atomic mass is 16.4. The maximum absolute atomic E-state index is 12.1. The van der Waals surface area contributed by atoms with Gasteiger partial charge in [0.15, 0.2) is 0 Å². The zero-order chi connectivity index (χ0) is 15.1. The van der Waals surface area contributed by atoms with Crippen molar-refractivity contribution in [2.24, 2.45) is 5.92 Å². The summed E-state index contributed by atoms with van der Waals surface area (Å²) in [5.41, 5.74) is 0.824. The van der Waals surface area contributed by atoms with Gasteiger partial charge in [-0.05, 0) is 37.3 Å². The number of carbonyl (C=O) groups excluding carboxylic acids is 1. The highest BCUT2D eigenvalue weighted by Crippen LogP contribution is 2.20. The molecular weight excluding hydrogens is 266 g/mol. The van der Waals surface area contributed by atoms with Crippen LogP contribution in [-0.2, 0) is 9.59 Å². The standard InChI is InChI=1S/C17H19NO3/c19-16(10-8-14-5-2-1-3-6-14)18-12-4-7-15(13-18)9-11-17(20)21/h1-3,5-6,15H,4,7,9,11-13H2,(H,20,21). The molecule has 4 nitrogen and oxygen atoms in total. The van der Waals surface area contributed by atoms with E-state index in [1.165, 1.54) is 0 Å². The lowest BCUT2D eigenvalue weighted by Gasteiger charge is -2.31. The molecule has 1 aliphatic heterocycles. The SMILES string of the molecule is O=C(O)CCC1CCCN(C(=O)C#Cc2ccccc2)C1. The zero-order valence-corrected chi connectivity index (χ0v) is 11.9. The molecule has 1 amide bonds. The van der Waals surface area contributed by atoms with Crippen molar-refractivity contribution in [3.63, 3.8) is 0 Å². The topological polar surface area (TPSA) is 57.6 Å². The Kier molecular flexibility index (Phi) is 5.39. The maximum Gasteiger partial charge on any atom is 0.303 e. The van der Waals surface area contributed by atoms with Gasteiger partial charge in [0.2, 0.25) is 0 Å². The first-order chi connectivity index (χ1) is 10.1. The zero-order valence-electron chi connectivity index (χ0n) is 11.9.